The van der Waals surface area contributed by atoms with Crippen LogP contribution < -0.4 is 4.90 Å². The maximum Gasteiger partial charge on any atom is 0.218 e. The number of hydrogen-bond donors (Lipinski definition) is 0. The Morgan fingerprint density at radius 2 is 1.70 bits per heavy atom. The van der Waals surface area contributed by atoms with Gasteiger partial charge in [-0.05, 0) is 26.0 Å². The smallest absolute Gasteiger partial charge is 0.218 e. The molecule has 0 atom stereocenters. The molecule has 4 rings (SSSR count). The largest absolute Gasteiger partial charge is 0.354 e. The highest BCUT2D eigenvalue weighted by atomic mass is 32.2. The van der Waals surface area contributed by atoms with Crippen LogP contribution in [0.3, 0.4) is 0 Å². The van der Waals surface area contributed by atoms with Gasteiger partial charge in [0.1, 0.15) is 18.0 Å². The fraction of sp³-hybridized carbons (Fsp3) is 0.350. The minimum absolute atomic E-state index is 0.185. The Labute approximate surface area is 175 Å². The summed E-state index contributed by atoms with van der Waals surface area (Å²) in [7, 11) is -3.60. The zero-order valence-corrected chi connectivity index (χ0v) is 17.7. The Hall–Kier alpha value is -2.85. The van der Waals surface area contributed by atoms with Gasteiger partial charge in [-0.15, -0.1) is 0 Å². The number of anilines is 1. The van der Waals surface area contributed by atoms with Crippen molar-refractivity contribution in [3.05, 3.63) is 65.5 Å². The number of sulfonamides is 1. The first kappa shape index (κ1) is 20.4. The van der Waals surface area contributed by atoms with Crippen molar-refractivity contribution in [2.24, 2.45) is 0 Å². The van der Waals surface area contributed by atoms with E-state index in [1.165, 1.54) is 22.8 Å². The van der Waals surface area contributed by atoms with E-state index in [1.54, 1.807) is 16.8 Å². The van der Waals surface area contributed by atoms with E-state index in [0.29, 0.717) is 32.0 Å². The Morgan fingerprint density at radius 1 is 1.00 bits per heavy atom. The average Bonchev–Trinajstić information content (AvgIpc) is 3.08. The number of aryl methyl sites for hydroxylation is 2. The zero-order chi connectivity index (χ0) is 21.3. The first-order chi connectivity index (χ1) is 14.3. The molecule has 0 N–H and O–H groups in total. The van der Waals surface area contributed by atoms with Gasteiger partial charge in [0.15, 0.2) is 5.82 Å². The lowest BCUT2D eigenvalue weighted by atomic mass is 10.2. The van der Waals surface area contributed by atoms with Crippen LogP contribution in [-0.4, -0.2) is 58.7 Å². The van der Waals surface area contributed by atoms with Crippen molar-refractivity contribution >= 4 is 15.8 Å². The molecule has 30 heavy (non-hydrogen) atoms. The molecule has 0 saturated carbocycles. The summed E-state index contributed by atoms with van der Waals surface area (Å²) in [6.45, 7) is 5.49. The third-order valence-electron chi connectivity index (χ3n) is 5.12. The molecule has 3 heterocycles. The summed E-state index contributed by atoms with van der Waals surface area (Å²) in [5, 5.41) is 4.45. The number of nitrogens with zero attached hydrogens (tertiary/aromatic N) is 6. The summed E-state index contributed by atoms with van der Waals surface area (Å²) in [6.07, 6.45) is 1.49. The third-order valence-corrected chi connectivity index (χ3v) is 6.94. The van der Waals surface area contributed by atoms with Crippen LogP contribution >= 0.6 is 0 Å². The van der Waals surface area contributed by atoms with Crippen LogP contribution in [0.4, 0.5) is 10.2 Å². The molecule has 3 aromatic rings. The Balaban J connectivity index is 1.45. The summed E-state index contributed by atoms with van der Waals surface area (Å²) in [6, 6.07) is 9.79. The van der Waals surface area contributed by atoms with Crippen molar-refractivity contribution < 1.29 is 12.8 Å². The van der Waals surface area contributed by atoms with Gasteiger partial charge >= 0.3 is 0 Å². The maximum absolute atomic E-state index is 13.9. The molecule has 1 saturated heterocycles. The summed E-state index contributed by atoms with van der Waals surface area (Å²) < 4.78 is 42.5. The van der Waals surface area contributed by atoms with Gasteiger partial charge in [-0.2, -0.15) is 9.40 Å². The SMILES string of the molecule is Cc1cc(C)n(-c2cc(N3CCN(S(=O)(=O)Cc4ccccc4F)CC3)ncn2)n1. The molecule has 1 aromatic carbocycles. The highest BCUT2D eigenvalue weighted by Gasteiger charge is 2.28. The van der Waals surface area contributed by atoms with E-state index in [-0.39, 0.29) is 11.3 Å². The minimum Gasteiger partial charge on any atom is -0.354 e. The monoisotopic (exact) mass is 430 g/mol. The zero-order valence-electron chi connectivity index (χ0n) is 16.9. The van der Waals surface area contributed by atoms with Crippen molar-refractivity contribution in [1.29, 1.82) is 0 Å². The van der Waals surface area contributed by atoms with Crippen LogP contribution in [0.5, 0.6) is 0 Å². The first-order valence-electron chi connectivity index (χ1n) is 9.65. The topological polar surface area (TPSA) is 84.2 Å². The predicted octanol–water partition coefficient (Wildman–Crippen LogP) is 2.07. The van der Waals surface area contributed by atoms with Crippen LogP contribution in [0.25, 0.3) is 5.82 Å². The van der Waals surface area contributed by atoms with Gasteiger partial charge in [0, 0.05) is 43.5 Å². The minimum atomic E-state index is -3.60. The van der Waals surface area contributed by atoms with E-state index in [9.17, 15) is 12.8 Å². The molecular weight excluding hydrogens is 407 g/mol. The van der Waals surface area contributed by atoms with Crippen molar-refractivity contribution in [3.8, 4) is 5.82 Å². The second kappa shape index (κ2) is 8.11. The van der Waals surface area contributed by atoms with Gasteiger partial charge in [-0.3, -0.25) is 0 Å². The standard InChI is InChI=1S/C20H23FN6O2S/c1-15-11-16(2)27(24-15)20-12-19(22-14-23-20)25-7-9-26(10-8-25)30(28,29)13-17-5-3-4-6-18(17)21/h3-6,11-12,14H,7-10,13H2,1-2H3. The molecule has 0 radical (unpaired) electrons. The molecule has 1 aliphatic heterocycles. The number of halogens is 1. The van der Waals surface area contributed by atoms with E-state index in [4.69, 9.17) is 0 Å². The lowest BCUT2D eigenvalue weighted by Crippen LogP contribution is -2.49. The molecule has 0 aliphatic carbocycles. The fourth-order valence-electron chi connectivity index (χ4n) is 3.59. The number of piperazine rings is 1. The number of rotatable bonds is 5. The second-order valence-electron chi connectivity index (χ2n) is 7.31. The normalized spacial score (nSPS) is 15.5. The highest BCUT2D eigenvalue weighted by molar-refractivity contribution is 7.88. The van der Waals surface area contributed by atoms with Crippen LogP contribution in [0, 0.1) is 19.7 Å². The molecular formula is C20H23FN6O2S. The van der Waals surface area contributed by atoms with Crippen molar-refractivity contribution in [3.63, 3.8) is 0 Å². The van der Waals surface area contributed by atoms with Crippen LogP contribution in [0.1, 0.15) is 17.0 Å². The molecule has 0 bridgehead atoms. The Bertz CT molecular complexity index is 1160. The van der Waals surface area contributed by atoms with Crippen molar-refractivity contribution in [2.75, 3.05) is 31.1 Å². The van der Waals surface area contributed by atoms with Gasteiger partial charge in [0.2, 0.25) is 10.0 Å². The molecule has 0 spiro atoms. The Kier molecular flexibility index (Phi) is 5.52. The molecule has 8 nitrogen and oxygen atoms in total. The molecule has 10 heteroatoms. The third kappa shape index (κ3) is 4.19. The lowest BCUT2D eigenvalue weighted by molar-refractivity contribution is 0.383. The second-order valence-corrected chi connectivity index (χ2v) is 9.28. The van der Waals surface area contributed by atoms with E-state index < -0.39 is 15.8 Å². The quantitative estimate of drug-likeness (QED) is 0.616. The summed E-state index contributed by atoms with van der Waals surface area (Å²) in [5.41, 5.74) is 2.06. The number of hydrogen-bond acceptors (Lipinski definition) is 6. The molecule has 158 valence electrons. The van der Waals surface area contributed by atoms with Gasteiger partial charge < -0.3 is 4.90 Å². The fourth-order valence-corrected chi connectivity index (χ4v) is 5.11. The van der Waals surface area contributed by atoms with Gasteiger partial charge in [-0.1, -0.05) is 18.2 Å². The number of benzene rings is 1. The van der Waals surface area contributed by atoms with E-state index in [2.05, 4.69) is 15.1 Å². The van der Waals surface area contributed by atoms with Crippen LogP contribution in [-0.2, 0) is 15.8 Å². The highest BCUT2D eigenvalue weighted by Crippen LogP contribution is 2.20. The van der Waals surface area contributed by atoms with Gasteiger partial charge in [0.05, 0.1) is 11.4 Å². The summed E-state index contributed by atoms with van der Waals surface area (Å²) >= 11 is 0. The summed E-state index contributed by atoms with van der Waals surface area (Å²) in [4.78, 5) is 10.7. The predicted molar refractivity (Wildman–Crippen MR) is 111 cm³/mol. The molecule has 2 aromatic heterocycles. The van der Waals surface area contributed by atoms with E-state index >= 15 is 0 Å². The Morgan fingerprint density at radius 3 is 2.37 bits per heavy atom. The lowest BCUT2D eigenvalue weighted by Gasteiger charge is -2.34. The maximum atomic E-state index is 13.9. The summed E-state index contributed by atoms with van der Waals surface area (Å²) in [5.74, 6) is 0.547. The van der Waals surface area contributed by atoms with E-state index in [1.807, 2.05) is 30.9 Å². The first-order valence-corrected chi connectivity index (χ1v) is 11.3. The molecule has 1 aliphatic rings. The number of aromatic nitrogens is 4. The molecule has 1 fully saturated rings. The van der Waals surface area contributed by atoms with Gasteiger partial charge in [-0.25, -0.2) is 27.5 Å². The average molecular weight is 431 g/mol. The van der Waals surface area contributed by atoms with Crippen LogP contribution in [0.15, 0.2) is 42.7 Å². The van der Waals surface area contributed by atoms with Gasteiger partial charge in [0.25, 0.3) is 0 Å². The van der Waals surface area contributed by atoms with Crippen molar-refractivity contribution in [2.45, 2.75) is 19.6 Å². The molecule has 0 amide bonds. The molecule has 0 unspecified atom stereocenters. The van der Waals surface area contributed by atoms with E-state index in [0.717, 1.165) is 17.2 Å². The van der Waals surface area contributed by atoms with Crippen LogP contribution in [0.2, 0.25) is 0 Å². The van der Waals surface area contributed by atoms with Crippen molar-refractivity contribution in [1.82, 2.24) is 24.1 Å².